The van der Waals surface area contributed by atoms with Gasteiger partial charge >= 0.3 is 0 Å². The lowest BCUT2D eigenvalue weighted by molar-refractivity contribution is 0.0376. The van der Waals surface area contributed by atoms with Crippen LogP contribution in [-0.2, 0) is 0 Å². The third-order valence-electron chi connectivity index (χ3n) is 3.69. The number of likely N-dealkylation sites (N-methyl/N-ethyl adjacent to an activating group) is 1. The maximum Gasteiger partial charge on any atom is 0.272 e. The average Bonchev–Trinajstić information content (AvgIpc) is 2.39. The fourth-order valence-electron chi connectivity index (χ4n) is 2.72. The van der Waals surface area contributed by atoms with Crippen LogP contribution in [0.5, 0.6) is 0 Å². The Morgan fingerprint density at radius 1 is 1.50 bits per heavy atom. The highest BCUT2D eigenvalue weighted by Gasteiger charge is 2.37. The van der Waals surface area contributed by atoms with Crippen molar-refractivity contribution < 1.29 is 4.79 Å². The number of piperidine rings is 1. The number of pyridine rings is 1. The van der Waals surface area contributed by atoms with Crippen LogP contribution < -0.4 is 5.32 Å². The number of hydrogen-bond acceptors (Lipinski definition) is 3. The number of rotatable bonds is 3. The molecule has 98 valence electrons. The Morgan fingerprint density at radius 2 is 2.33 bits per heavy atom. The van der Waals surface area contributed by atoms with E-state index < -0.39 is 0 Å². The molecule has 1 unspecified atom stereocenters. The quantitative estimate of drug-likeness (QED) is 0.884. The van der Waals surface area contributed by atoms with Crippen molar-refractivity contribution >= 4 is 5.91 Å². The Hall–Kier alpha value is -1.42. The largest absolute Gasteiger partial charge is 0.331 e. The minimum Gasteiger partial charge on any atom is -0.331 e. The summed E-state index contributed by atoms with van der Waals surface area (Å²) in [5.41, 5.74) is 0.448. The topological polar surface area (TPSA) is 45.2 Å². The van der Waals surface area contributed by atoms with Gasteiger partial charge in [0.2, 0.25) is 0 Å². The molecule has 2 heterocycles. The highest BCUT2D eigenvalue weighted by atomic mass is 16.2. The highest BCUT2D eigenvalue weighted by molar-refractivity contribution is 5.92. The number of hydrogen-bond donors (Lipinski definition) is 1. The zero-order chi connectivity index (χ0) is 13.0. The Bertz CT molecular complexity index is 403. The fourth-order valence-corrected chi connectivity index (χ4v) is 2.72. The van der Waals surface area contributed by atoms with Crippen molar-refractivity contribution in [2.45, 2.75) is 31.7 Å². The number of carbonyl (C=O) groups excluding carboxylic acids is 1. The standard InChI is InChI=1S/C14H21N3O/c1-14(11-15-2)8-4-6-10-17(14)13(18)12-7-3-5-9-16-12/h3,5,7,9,15H,4,6,8,10-11H2,1-2H3. The minimum atomic E-state index is -0.0956. The van der Waals surface area contributed by atoms with Crippen LogP contribution in [0.3, 0.4) is 0 Å². The molecule has 18 heavy (non-hydrogen) atoms. The van der Waals surface area contributed by atoms with E-state index in [1.165, 1.54) is 6.42 Å². The van der Waals surface area contributed by atoms with E-state index >= 15 is 0 Å². The summed E-state index contributed by atoms with van der Waals surface area (Å²) in [7, 11) is 1.93. The van der Waals surface area contributed by atoms with Gasteiger partial charge in [-0.2, -0.15) is 0 Å². The predicted molar refractivity (Wildman–Crippen MR) is 71.5 cm³/mol. The van der Waals surface area contributed by atoms with Crippen LogP contribution in [0.15, 0.2) is 24.4 Å². The molecule has 1 amide bonds. The van der Waals surface area contributed by atoms with Crippen molar-refractivity contribution in [2.24, 2.45) is 0 Å². The van der Waals surface area contributed by atoms with Gasteiger partial charge in [-0.15, -0.1) is 0 Å². The van der Waals surface area contributed by atoms with E-state index in [2.05, 4.69) is 17.2 Å². The van der Waals surface area contributed by atoms with E-state index in [1.54, 1.807) is 12.3 Å². The molecular weight excluding hydrogens is 226 g/mol. The molecule has 0 aromatic carbocycles. The third kappa shape index (κ3) is 2.53. The molecule has 4 heteroatoms. The summed E-state index contributed by atoms with van der Waals surface area (Å²) in [6.07, 6.45) is 4.99. The SMILES string of the molecule is CNCC1(C)CCCCN1C(=O)c1ccccn1. The van der Waals surface area contributed by atoms with Gasteiger partial charge in [0.25, 0.3) is 5.91 Å². The first kappa shape index (κ1) is 13.0. The number of aromatic nitrogens is 1. The van der Waals surface area contributed by atoms with Crippen molar-refractivity contribution in [2.75, 3.05) is 20.1 Å². The van der Waals surface area contributed by atoms with Gasteiger partial charge in [-0.1, -0.05) is 6.07 Å². The van der Waals surface area contributed by atoms with Gasteiger partial charge in [-0.05, 0) is 45.4 Å². The minimum absolute atomic E-state index is 0.0491. The Kier molecular flexibility index (Phi) is 3.97. The van der Waals surface area contributed by atoms with E-state index in [9.17, 15) is 4.79 Å². The molecule has 1 aliphatic rings. The van der Waals surface area contributed by atoms with E-state index in [0.717, 1.165) is 25.9 Å². The van der Waals surface area contributed by atoms with Crippen molar-refractivity contribution in [3.05, 3.63) is 30.1 Å². The Balaban J connectivity index is 2.21. The lowest BCUT2D eigenvalue weighted by Crippen LogP contribution is -2.57. The molecule has 0 spiro atoms. The van der Waals surface area contributed by atoms with Gasteiger partial charge in [-0.25, -0.2) is 0 Å². The first-order valence-corrected chi connectivity index (χ1v) is 6.55. The number of likely N-dealkylation sites (tertiary alicyclic amines) is 1. The summed E-state index contributed by atoms with van der Waals surface area (Å²) in [4.78, 5) is 18.7. The number of carbonyl (C=O) groups is 1. The molecule has 1 fully saturated rings. The molecule has 1 aromatic heterocycles. The normalized spacial score (nSPS) is 24.0. The van der Waals surface area contributed by atoms with Crippen LogP contribution in [0.2, 0.25) is 0 Å². The third-order valence-corrected chi connectivity index (χ3v) is 3.69. The van der Waals surface area contributed by atoms with Gasteiger partial charge in [0.1, 0.15) is 5.69 Å². The van der Waals surface area contributed by atoms with Crippen LogP contribution in [0.4, 0.5) is 0 Å². The molecule has 1 aromatic rings. The van der Waals surface area contributed by atoms with Gasteiger partial charge < -0.3 is 10.2 Å². The van der Waals surface area contributed by atoms with Gasteiger partial charge in [0.15, 0.2) is 0 Å². The highest BCUT2D eigenvalue weighted by Crippen LogP contribution is 2.28. The predicted octanol–water partition coefficient (Wildman–Crippen LogP) is 1.69. The van der Waals surface area contributed by atoms with Crippen molar-refractivity contribution in [1.29, 1.82) is 0 Å². The van der Waals surface area contributed by atoms with Crippen LogP contribution in [0.1, 0.15) is 36.7 Å². The van der Waals surface area contributed by atoms with E-state index in [4.69, 9.17) is 0 Å². The second-order valence-corrected chi connectivity index (χ2v) is 5.16. The molecule has 0 saturated carbocycles. The van der Waals surface area contributed by atoms with Crippen LogP contribution in [0.25, 0.3) is 0 Å². The summed E-state index contributed by atoms with van der Waals surface area (Å²) in [6, 6.07) is 5.48. The van der Waals surface area contributed by atoms with E-state index in [1.807, 2.05) is 24.1 Å². The maximum atomic E-state index is 12.5. The summed E-state index contributed by atoms with van der Waals surface area (Å²) in [5, 5.41) is 3.20. The molecule has 0 bridgehead atoms. The lowest BCUT2D eigenvalue weighted by Gasteiger charge is -2.44. The zero-order valence-corrected chi connectivity index (χ0v) is 11.1. The van der Waals surface area contributed by atoms with Crippen LogP contribution in [0, 0.1) is 0 Å². The first-order valence-electron chi connectivity index (χ1n) is 6.55. The van der Waals surface area contributed by atoms with Crippen LogP contribution in [-0.4, -0.2) is 41.5 Å². The smallest absolute Gasteiger partial charge is 0.272 e. The maximum absolute atomic E-state index is 12.5. The van der Waals surface area contributed by atoms with Gasteiger partial charge in [0.05, 0.1) is 5.54 Å². The first-order chi connectivity index (χ1) is 8.67. The number of amides is 1. The lowest BCUT2D eigenvalue weighted by atomic mass is 9.88. The molecule has 0 radical (unpaired) electrons. The summed E-state index contributed by atoms with van der Waals surface area (Å²) >= 11 is 0. The van der Waals surface area contributed by atoms with Gasteiger partial charge in [-0.3, -0.25) is 9.78 Å². The molecule has 1 saturated heterocycles. The average molecular weight is 247 g/mol. The monoisotopic (exact) mass is 247 g/mol. The Labute approximate surface area is 108 Å². The molecule has 1 N–H and O–H groups in total. The molecule has 0 aliphatic carbocycles. The molecule has 1 aliphatic heterocycles. The van der Waals surface area contributed by atoms with Crippen molar-refractivity contribution in [3.8, 4) is 0 Å². The number of nitrogens with one attached hydrogen (secondary N) is 1. The second-order valence-electron chi connectivity index (χ2n) is 5.16. The molecule has 4 nitrogen and oxygen atoms in total. The summed E-state index contributed by atoms with van der Waals surface area (Å²) in [6.45, 7) is 3.81. The molecule has 2 rings (SSSR count). The van der Waals surface area contributed by atoms with E-state index in [-0.39, 0.29) is 11.4 Å². The Morgan fingerprint density at radius 3 is 3.00 bits per heavy atom. The summed E-state index contributed by atoms with van der Waals surface area (Å²) < 4.78 is 0. The van der Waals surface area contributed by atoms with E-state index in [0.29, 0.717) is 5.69 Å². The van der Waals surface area contributed by atoms with Crippen molar-refractivity contribution in [1.82, 2.24) is 15.2 Å². The zero-order valence-electron chi connectivity index (χ0n) is 11.1. The van der Waals surface area contributed by atoms with Crippen LogP contribution >= 0.6 is 0 Å². The van der Waals surface area contributed by atoms with Gasteiger partial charge in [0, 0.05) is 19.3 Å². The fraction of sp³-hybridized carbons (Fsp3) is 0.571. The summed E-state index contributed by atoms with van der Waals surface area (Å²) in [5.74, 6) is 0.0491. The number of nitrogens with zero attached hydrogens (tertiary/aromatic N) is 2. The van der Waals surface area contributed by atoms with Crippen molar-refractivity contribution in [3.63, 3.8) is 0 Å². The molecular formula is C14H21N3O. The second kappa shape index (κ2) is 5.48. The molecule has 1 atom stereocenters.